The number of para-hydroxylation sites is 2. The Morgan fingerprint density at radius 3 is 2.79 bits per heavy atom. The summed E-state index contributed by atoms with van der Waals surface area (Å²) in [4.78, 5) is 17.2. The Hall–Kier alpha value is -1.73. The van der Waals surface area contributed by atoms with Crippen LogP contribution < -0.4 is 10.6 Å². The molecule has 2 aromatic carbocycles. The number of halogens is 2. The van der Waals surface area contributed by atoms with Crippen LogP contribution in [0.1, 0.15) is 22.5 Å². The monoisotopic (exact) mass is 438 g/mol. The third-order valence-corrected chi connectivity index (χ3v) is 5.25. The van der Waals surface area contributed by atoms with Gasteiger partial charge < -0.3 is 15.2 Å². The van der Waals surface area contributed by atoms with Gasteiger partial charge in [-0.3, -0.25) is 4.79 Å². The molecule has 4 rings (SSSR count). The smallest absolute Gasteiger partial charge is 0.240 e. The number of amides is 1. The molecule has 0 fully saturated rings. The van der Waals surface area contributed by atoms with Gasteiger partial charge in [-0.05, 0) is 35.1 Å². The quantitative estimate of drug-likeness (QED) is 0.616. The van der Waals surface area contributed by atoms with Gasteiger partial charge in [0.25, 0.3) is 0 Å². The average molecular weight is 439 g/mol. The lowest BCUT2D eigenvalue weighted by atomic mass is 10.1. The van der Waals surface area contributed by atoms with Crippen molar-refractivity contribution in [3.05, 3.63) is 65.0 Å². The molecule has 5 nitrogen and oxygen atoms in total. The zero-order valence-corrected chi connectivity index (χ0v) is 18.1. The van der Waals surface area contributed by atoms with E-state index in [0.717, 1.165) is 41.3 Å². The number of hydrogen-bond donors (Lipinski definition) is 2. The Morgan fingerprint density at radius 1 is 1.18 bits per heavy atom. The number of nitrogens with zero attached hydrogens (tertiary/aromatic N) is 2. The fourth-order valence-corrected chi connectivity index (χ4v) is 3.88. The molecule has 0 unspecified atom stereocenters. The number of benzene rings is 2. The number of rotatable bonds is 6. The van der Waals surface area contributed by atoms with E-state index in [2.05, 4.69) is 33.8 Å². The number of imidazole rings is 1. The van der Waals surface area contributed by atoms with Gasteiger partial charge in [0.1, 0.15) is 12.4 Å². The van der Waals surface area contributed by atoms with Crippen LogP contribution in [0.5, 0.6) is 0 Å². The first-order chi connectivity index (χ1) is 12.7. The second-order valence-electron chi connectivity index (χ2n) is 6.52. The second-order valence-corrected chi connectivity index (χ2v) is 7.39. The SMILES string of the molecule is CSCc1nc2ccccc2n1CC(=O)NCc1ccc2c(c1)CNC2.Cl.Cl. The fraction of sp³-hybridized carbons (Fsp3) is 0.300. The topological polar surface area (TPSA) is 59.0 Å². The van der Waals surface area contributed by atoms with Gasteiger partial charge in [0, 0.05) is 19.6 Å². The van der Waals surface area contributed by atoms with E-state index in [9.17, 15) is 4.79 Å². The van der Waals surface area contributed by atoms with Gasteiger partial charge in [0.2, 0.25) is 5.91 Å². The van der Waals surface area contributed by atoms with Crippen LogP contribution in [-0.4, -0.2) is 21.7 Å². The van der Waals surface area contributed by atoms with Gasteiger partial charge in [-0.1, -0.05) is 30.3 Å². The highest BCUT2D eigenvalue weighted by molar-refractivity contribution is 7.97. The van der Waals surface area contributed by atoms with E-state index in [1.165, 1.54) is 11.1 Å². The van der Waals surface area contributed by atoms with Crippen LogP contribution in [0.15, 0.2) is 42.5 Å². The summed E-state index contributed by atoms with van der Waals surface area (Å²) >= 11 is 1.71. The number of thioether (sulfide) groups is 1. The number of fused-ring (bicyclic) bond motifs is 2. The Kier molecular flexibility index (Phi) is 8.19. The van der Waals surface area contributed by atoms with Crippen molar-refractivity contribution in [2.24, 2.45) is 0 Å². The lowest BCUT2D eigenvalue weighted by Crippen LogP contribution is -2.27. The van der Waals surface area contributed by atoms with Crippen LogP contribution in [0.4, 0.5) is 0 Å². The van der Waals surface area contributed by atoms with Crippen LogP contribution in [0.2, 0.25) is 0 Å². The molecule has 0 spiro atoms. The molecule has 0 atom stereocenters. The van der Waals surface area contributed by atoms with E-state index in [-0.39, 0.29) is 30.7 Å². The largest absolute Gasteiger partial charge is 0.350 e. The molecule has 0 aliphatic carbocycles. The van der Waals surface area contributed by atoms with Crippen LogP contribution >= 0.6 is 36.6 Å². The Morgan fingerprint density at radius 2 is 1.96 bits per heavy atom. The number of carbonyl (C=O) groups excluding carboxylic acids is 1. The van der Waals surface area contributed by atoms with Crippen LogP contribution in [-0.2, 0) is 36.7 Å². The van der Waals surface area contributed by atoms with Gasteiger partial charge in [-0.25, -0.2) is 4.98 Å². The van der Waals surface area contributed by atoms with Crippen molar-refractivity contribution in [3.8, 4) is 0 Å². The summed E-state index contributed by atoms with van der Waals surface area (Å²) in [7, 11) is 0. The van der Waals surface area contributed by atoms with E-state index in [0.29, 0.717) is 13.1 Å². The van der Waals surface area contributed by atoms with Gasteiger partial charge >= 0.3 is 0 Å². The molecular weight excluding hydrogens is 415 g/mol. The van der Waals surface area contributed by atoms with Gasteiger partial charge in [-0.15, -0.1) is 24.8 Å². The van der Waals surface area contributed by atoms with E-state index < -0.39 is 0 Å². The van der Waals surface area contributed by atoms with Gasteiger partial charge in [0.05, 0.1) is 16.8 Å². The highest BCUT2D eigenvalue weighted by Crippen LogP contribution is 2.19. The molecular formula is C20H24Cl2N4OS. The zero-order valence-electron chi connectivity index (χ0n) is 15.6. The lowest BCUT2D eigenvalue weighted by Gasteiger charge is -2.10. The summed E-state index contributed by atoms with van der Waals surface area (Å²) in [6, 6.07) is 14.4. The maximum Gasteiger partial charge on any atom is 0.240 e. The first-order valence-electron chi connectivity index (χ1n) is 8.76. The predicted molar refractivity (Wildman–Crippen MR) is 120 cm³/mol. The van der Waals surface area contributed by atoms with Crippen molar-refractivity contribution < 1.29 is 4.79 Å². The highest BCUT2D eigenvalue weighted by atomic mass is 35.5. The second kappa shape index (κ2) is 10.2. The standard InChI is InChI=1S/C20H22N4OS.2ClH/c1-26-13-19-23-17-4-2-3-5-18(17)24(19)12-20(25)22-9-14-6-7-15-10-21-11-16(15)8-14;;/h2-8,21H,9-13H2,1H3,(H,22,25);2*1H. The molecule has 150 valence electrons. The van der Waals surface area contributed by atoms with Crippen LogP contribution in [0.3, 0.4) is 0 Å². The first kappa shape index (κ1) is 22.6. The third kappa shape index (κ3) is 4.81. The van der Waals surface area contributed by atoms with Gasteiger partial charge in [0.15, 0.2) is 0 Å². The van der Waals surface area contributed by atoms with Crippen molar-refractivity contribution in [1.82, 2.24) is 20.2 Å². The number of carbonyl (C=O) groups is 1. The fourth-order valence-electron chi connectivity index (χ4n) is 3.40. The molecule has 1 aliphatic rings. The Bertz CT molecular complexity index is 961. The average Bonchev–Trinajstić information content (AvgIpc) is 3.25. The van der Waals surface area contributed by atoms with Crippen LogP contribution in [0, 0.1) is 0 Å². The first-order valence-corrected chi connectivity index (χ1v) is 10.1. The van der Waals surface area contributed by atoms with Crippen molar-refractivity contribution >= 4 is 53.5 Å². The molecule has 0 saturated heterocycles. The molecule has 0 saturated carbocycles. The van der Waals surface area contributed by atoms with E-state index >= 15 is 0 Å². The minimum absolute atomic E-state index is 0. The number of nitrogens with one attached hydrogen (secondary N) is 2. The molecule has 28 heavy (non-hydrogen) atoms. The summed E-state index contributed by atoms with van der Waals surface area (Å²) in [6.45, 7) is 2.70. The van der Waals surface area contributed by atoms with Crippen molar-refractivity contribution in [3.63, 3.8) is 0 Å². The molecule has 2 heterocycles. The zero-order chi connectivity index (χ0) is 17.9. The van der Waals surface area contributed by atoms with E-state index in [1.54, 1.807) is 11.8 Å². The summed E-state index contributed by atoms with van der Waals surface area (Å²) in [5.74, 6) is 1.74. The van der Waals surface area contributed by atoms with Crippen molar-refractivity contribution in [1.29, 1.82) is 0 Å². The minimum atomic E-state index is 0. The summed E-state index contributed by atoms with van der Waals surface area (Å²) < 4.78 is 2.02. The Balaban J connectivity index is 0.00000140. The molecule has 8 heteroatoms. The minimum Gasteiger partial charge on any atom is -0.350 e. The maximum atomic E-state index is 12.5. The highest BCUT2D eigenvalue weighted by Gasteiger charge is 2.14. The summed E-state index contributed by atoms with van der Waals surface area (Å²) in [6.07, 6.45) is 2.05. The summed E-state index contributed by atoms with van der Waals surface area (Å²) in [5, 5.41) is 6.39. The Labute approximate surface area is 181 Å². The summed E-state index contributed by atoms with van der Waals surface area (Å²) in [5.41, 5.74) is 5.78. The van der Waals surface area contributed by atoms with Gasteiger partial charge in [-0.2, -0.15) is 11.8 Å². The van der Waals surface area contributed by atoms with Crippen LogP contribution in [0.25, 0.3) is 11.0 Å². The third-order valence-electron chi connectivity index (χ3n) is 4.70. The van der Waals surface area contributed by atoms with E-state index in [4.69, 9.17) is 0 Å². The van der Waals surface area contributed by atoms with Crippen molar-refractivity contribution in [2.45, 2.75) is 31.9 Å². The molecule has 1 amide bonds. The van der Waals surface area contributed by atoms with Crippen molar-refractivity contribution in [2.75, 3.05) is 6.26 Å². The predicted octanol–water partition coefficient (Wildman–Crippen LogP) is 3.66. The lowest BCUT2D eigenvalue weighted by molar-refractivity contribution is -0.121. The molecule has 3 aromatic rings. The number of hydrogen-bond acceptors (Lipinski definition) is 4. The molecule has 1 aromatic heterocycles. The maximum absolute atomic E-state index is 12.5. The molecule has 0 radical (unpaired) electrons. The molecule has 1 aliphatic heterocycles. The number of aromatic nitrogens is 2. The molecule has 0 bridgehead atoms. The normalized spacial score (nSPS) is 12.2. The van der Waals surface area contributed by atoms with E-state index in [1.807, 2.05) is 35.1 Å². The molecule has 2 N–H and O–H groups in total.